The lowest BCUT2D eigenvalue weighted by Crippen LogP contribution is -2.47. The Morgan fingerprint density at radius 3 is 2.84 bits per heavy atom. The maximum absolute atomic E-state index is 12.4. The highest BCUT2D eigenvalue weighted by Gasteiger charge is 2.28. The number of rotatable bonds is 3. The lowest BCUT2D eigenvalue weighted by Gasteiger charge is -2.34. The van der Waals surface area contributed by atoms with Gasteiger partial charge in [-0.05, 0) is 37.8 Å². The Hall–Kier alpha value is -1.00. The number of nitrogens with two attached hydrogens (primary N) is 1. The van der Waals surface area contributed by atoms with E-state index in [9.17, 15) is 4.79 Å². The van der Waals surface area contributed by atoms with Gasteiger partial charge < -0.3 is 15.1 Å². The molecule has 1 aromatic heterocycles. The minimum absolute atomic E-state index is 0. The molecule has 4 nitrogen and oxygen atoms in total. The average molecular weight is 287 g/mol. The number of likely N-dealkylation sites (tertiary alicyclic amines) is 1. The van der Waals surface area contributed by atoms with E-state index < -0.39 is 0 Å². The minimum Gasteiger partial charge on any atom is -0.456 e. The van der Waals surface area contributed by atoms with E-state index >= 15 is 0 Å². The van der Waals surface area contributed by atoms with Gasteiger partial charge in [-0.1, -0.05) is 6.92 Å². The van der Waals surface area contributed by atoms with Crippen molar-refractivity contribution in [2.75, 3.05) is 13.1 Å². The summed E-state index contributed by atoms with van der Waals surface area (Å²) >= 11 is 0. The van der Waals surface area contributed by atoms with Crippen LogP contribution < -0.4 is 5.73 Å². The van der Waals surface area contributed by atoms with Crippen LogP contribution in [-0.2, 0) is 6.42 Å². The zero-order valence-electron chi connectivity index (χ0n) is 11.6. The van der Waals surface area contributed by atoms with E-state index in [2.05, 4.69) is 0 Å². The number of hydrogen-bond donors (Lipinski definition) is 1. The molecule has 2 heterocycles. The molecule has 0 spiro atoms. The molecular formula is C14H23ClN2O2. The molecule has 0 bridgehead atoms. The molecule has 1 unspecified atom stereocenters. The van der Waals surface area contributed by atoms with Gasteiger partial charge in [0, 0.05) is 25.6 Å². The van der Waals surface area contributed by atoms with E-state index in [0.717, 1.165) is 43.6 Å². The second-order valence-corrected chi connectivity index (χ2v) is 4.95. The number of aryl methyl sites for hydroxylation is 2. The van der Waals surface area contributed by atoms with Gasteiger partial charge in [0.05, 0.1) is 0 Å². The second kappa shape index (κ2) is 6.96. The van der Waals surface area contributed by atoms with Gasteiger partial charge in [0.15, 0.2) is 5.76 Å². The molecule has 19 heavy (non-hydrogen) atoms. The lowest BCUT2D eigenvalue weighted by molar-refractivity contribution is 0.0589. The van der Waals surface area contributed by atoms with Crippen molar-refractivity contribution in [3.05, 3.63) is 23.2 Å². The molecule has 1 saturated heterocycles. The van der Waals surface area contributed by atoms with Crippen molar-refractivity contribution in [3.8, 4) is 0 Å². The van der Waals surface area contributed by atoms with Crippen molar-refractivity contribution in [2.45, 2.75) is 45.6 Å². The summed E-state index contributed by atoms with van der Waals surface area (Å²) in [5, 5.41) is 0. The number of piperidine rings is 1. The molecule has 0 radical (unpaired) electrons. The normalized spacial score (nSPS) is 19.1. The molecule has 5 heteroatoms. The number of carbonyl (C=O) groups is 1. The van der Waals surface area contributed by atoms with E-state index in [0.29, 0.717) is 12.3 Å². The summed E-state index contributed by atoms with van der Waals surface area (Å²) in [7, 11) is 0. The van der Waals surface area contributed by atoms with Gasteiger partial charge in [-0.2, -0.15) is 0 Å². The van der Waals surface area contributed by atoms with Crippen LogP contribution in [0.15, 0.2) is 10.5 Å². The van der Waals surface area contributed by atoms with Crippen molar-refractivity contribution in [1.29, 1.82) is 0 Å². The Morgan fingerprint density at radius 1 is 1.53 bits per heavy atom. The Bertz CT molecular complexity index is 431. The maximum atomic E-state index is 12.4. The molecular weight excluding hydrogens is 264 g/mol. The fourth-order valence-corrected chi connectivity index (χ4v) is 2.63. The van der Waals surface area contributed by atoms with Crippen molar-refractivity contribution < 1.29 is 9.21 Å². The molecule has 1 aliphatic heterocycles. The van der Waals surface area contributed by atoms with Crippen LogP contribution in [-0.4, -0.2) is 29.9 Å². The van der Waals surface area contributed by atoms with Crippen LogP contribution >= 0.6 is 12.4 Å². The van der Waals surface area contributed by atoms with Gasteiger partial charge in [0.2, 0.25) is 0 Å². The van der Waals surface area contributed by atoms with Crippen molar-refractivity contribution in [3.63, 3.8) is 0 Å². The third-order valence-corrected chi connectivity index (χ3v) is 3.71. The molecule has 1 aliphatic rings. The van der Waals surface area contributed by atoms with Gasteiger partial charge >= 0.3 is 0 Å². The Kier molecular flexibility index (Phi) is 5.88. The zero-order chi connectivity index (χ0) is 13.1. The molecule has 2 rings (SSSR count). The van der Waals surface area contributed by atoms with Gasteiger partial charge in [-0.15, -0.1) is 12.4 Å². The molecule has 0 saturated carbocycles. The average Bonchev–Trinajstić information content (AvgIpc) is 2.79. The SMILES string of the molecule is CCc1oc(C(=O)N2CCCCC2CN)cc1C.Cl. The lowest BCUT2D eigenvalue weighted by atomic mass is 10.0. The largest absolute Gasteiger partial charge is 0.456 e. The van der Waals surface area contributed by atoms with E-state index in [1.807, 2.05) is 24.8 Å². The summed E-state index contributed by atoms with van der Waals surface area (Å²) in [6.07, 6.45) is 4.04. The van der Waals surface area contributed by atoms with Crippen LogP contribution in [0, 0.1) is 6.92 Å². The first-order valence-electron chi connectivity index (χ1n) is 6.77. The van der Waals surface area contributed by atoms with Gasteiger partial charge in [0.1, 0.15) is 5.76 Å². The van der Waals surface area contributed by atoms with Crippen molar-refractivity contribution >= 4 is 18.3 Å². The highest BCUT2D eigenvalue weighted by atomic mass is 35.5. The van der Waals surface area contributed by atoms with Crippen LogP contribution in [0.5, 0.6) is 0 Å². The first kappa shape index (κ1) is 16.1. The fourth-order valence-electron chi connectivity index (χ4n) is 2.63. The third-order valence-electron chi connectivity index (χ3n) is 3.71. The highest BCUT2D eigenvalue weighted by Crippen LogP contribution is 2.22. The van der Waals surface area contributed by atoms with Gasteiger partial charge in [-0.25, -0.2) is 0 Å². The number of nitrogens with zero attached hydrogens (tertiary/aromatic N) is 1. The Balaban J connectivity index is 0.00000180. The van der Waals surface area contributed by atoms with Crippen LogP contribution in [0.25, 0.3) is 0 Å². The predicted molar refractivity (Wildman–Crippen MR) is 77.8 cm³/mol. The predicted octanol–water partition coefficient (Wildman–Crippen LogP) is 2.53. The van der Waals surface area contributed by atoms with Crippen LogP contribution in [0.4, 0.5) is 0 Å². The first-order valence-corrected chi connectivity index (χ1v) is 6.77. The minimum atomic E-state index is -0.00653. The summed E-state index contributed by atoms with van der Waals surface area (Å²) in [6, 6.07) is 2.02. The molecule has 1 fully saturated rings. The van der Waals surface area contributed by atoms with E-state index in [1.165, 1.54) is 0 Å². The third kappa shape index (κ3) is 3.31. The molecule has 108 valence electrons. The number of carbonyl (C=O) groups excluding carboxylic acids is 1. The topological polar surface area (TPSA) is 59.5 Å². The summed E-state index contributed by atoms with van der Waals surface area (Å²) in [6.45, 7) is 5.34. The molecule has 1 amide bonds. The van der Waals surface area contributed by atoms with Crippen molar-refractivity contribution in [1.82, 2.24) is 4.90 Å². The summed E-state index contributed by atoms with van der Waals surface area (Å²) in [5.74, 6) is 1.36. The van der Waals surface area contributed by atoms with Gasteiger partial charge in [-0.3, -0.25) is 4.79 Å². The van der Waals surface area contributed by atoms with Crippen LogP contribution in [0.2, 0.25) is 0 Å². The van der Waals surface area contributed by atoms with E-state index in [1.54, 1.807) is 0 Å². The van der Waals surface area contributed by atoms with E-state index in [-0.39, 0.29) is 24.4 Å². The highest BCUT2D eigenvalue weighted by molar-refractivity contribution is 5.92. The molecule has 0 aliphatic carbocycles. The second-order valence-electron chi connectivity index (χ2n) is 4.95. The summed E-state index contributed by atoms with van der Waals surface area (Å²) in [4.78, 5) is 14.3. The Morgan fingerprint density at radius 2 is 2.26 bits per heavy atom. The monoisotopic (exact) mass is 286 g/mol. The molecule has 1 aromatic rings. The quantitative estimate of drug-likeness (QED) is 0.929. The molecule has 2 N–H and O–H groups in total. The Labute approximate surface area is 120 Å². The fraction of sp³-hybridized carbons (Fsp3) is 0.643. The standard InChI is InChI=1S/C14H22N2O2.ClH/c1-3-12-10(2)8-13(18-12)14(17)16-7-5-4-6-11(16)9-15;/h8,11H,3-7,9,15H2,1-2H3;1H. The zero-order valence-corrected chi connectivity index (χ0v) is 12.5. The molecule has 0 aromatic carbocycles. The first-order chi connectivity index (χ1) is 8.67. The van der Waals surface area contributed by atoms with Crippen molar-refractivity contribution in [2.24, 2.45) is 5.73 Å². The summed E-state index contributed by atoms with van der Waals surface area (Å²) < 4.78 is 5.64. The maximum Gasteiger partial charge on any atom is 0.289 e. The number of halogens is 1. The van der Waals surface area contributed by atoms with E-state index in [4.69, 9.17) is 10.2 Å². The number of hydrogen-bond acceptors (Lipinski definition) is 3. The molecule has 1 atom stereocenters. The summed E-state index contributed by atoms with van der Waals surface area (Å²) in [5.41, 5.74) is 6.80. The van der Waals surface area contributed by atoms with Crippen LogP contribution in [0.1, 0.15) is 48.1 Å². The van der Waals surface area contributed by atoms with Crippen LogP contribution in [0.3, 0.4) is 0 Å². The number of amides is 1. The number of furan rings is 1. The van der Waals surface area contributed by atoms with Gasteiger partial charge in [0.25, 0.3) is 5.91 Å². The smallest absolute Gasteiger partial charge is 0.289 e.